The monoisotopic (exact) mass is 264 g/mol. The summed E-state index contributed by atoms with van der Waals surface area (Å²) in [5, 5.41) is 8.79. The first-order valence-electron chi connectivity index (χ1n) is 5.87. The minimum absolute atomic E-state index is 0.0587. The molecule has 0 saturated heterocycles. The van der Waals surface area contributed by atoms with Gasteiger partial charge in [-0.25, -0.2) is 0 Å². The van der Waals surface area contributed by atoms with Crippen molar-refractivity contribution in [3.63, 3.8) is 0 Å². The molecule has 0 aliphatic rings. The number of thiophene rings is 1. The Kier molecular flexibility index (Phi) is 4.15. The van der Waals surface area contributed by atoms with Crippen molar-refractivity contribution in [2.75, 3.05) is 0 Å². The first kappa shape index (κ1) is 12.8. The van der Waals surface area contributed by atoms with E-state index in [1.807, 2.05) is 31.4 Å². The lowest BCUT2D eigenvalue weighted by Gasteiger charge is -2.03. The van der Waals surface area contributed by atoms with Gasteiger partial charge in [0.25, 0.3) is 0 Å². The number of amides is 1. The zero-order valence-corrected chi connectivity index (χ0v) is 11.3. The first-order valence-corrected chi connectivity index (χ1v) is 6.75. The molecule has 0 spiro atoms. The van der Waals surface area contributed by atoms with E-state index < -0.39 is 0 Å². The maximum absolute atomic E-state index is 11.7. The highest BCUT2D eigenvalue weighted by atomic mass is 32.1. The lowest BCUT2D eigenvalue weighted by molar-refractivity contribution is -0.121. The molecule has 0 aliphatic heterocycles. The predicted octanol–water partition coefficient (Wildman–Crippen LogP) is 2.60. The number of nitrogens with one attached hydrogen (secondary N) is 1. The summed E-state index contributed by atoms with van der Waals surface area (Å²) in [5.74, 6) is 0.863. The molecular formula is C13H16N2O2S. The summed E-state index contributed by atoms with van der Waals surface area (Å²) in [5.41, 5.74) is 1.92. The predicted molar refractivity (Wildman–Crippen MR) is 70.5 cm³/mol. The molecule has 0 saturated carbocycles. The van der Waals surface area contributed by atoms with Crippen LogP contribution >= 0.6 is 11.3 Å². The average Bonchev–Trinajstić information content (AvgIpc) is 2.96. The molecule has 1 N–H and O–H groups in total. The smallest absolute Gasteiger partial charge is 0.220 e. The van der Waals surface area contributed by atoms with Gasteiger partial charge in [0.05, 0.1) is 12.2 Å². The fraction of sp³-hybridized carbons (Fsp3) is 0.385. The zero-order chi connectivity index (χ0) is 13.0. The number of hydrogen-bond acceptors (Lipinski definition) is 4. The average molecular weight is 264 g/mol. The maximum Gasteiger partial charge on any atom is 0.220 e. The van der Waals surface area contributed by atoms with Gasteiger partial charge < -0.3 is 9.84 Å². The molecule has 0 bridgehead atoms. The third-order valence-electron chi connectivity index (χ3n) is 2.82. The minimum atomic E-state index is 0.0587. The van der Waals surface area contributed by atoms with Crippen molar-refractivity contribution in [3.05, 3.63) is 39.4 Å². The van der Waals surface area contributed by atoms with E-state index in [9.17, 15) is 4.79 Å². The van der Waals surface area contributed by atoms with Gasteiger partial charge >= 0.3 is 0 Å². The van der Waals surface area contributed by atoms with Crippen molar-refractivity contribution in [2.24, 2.45) is 0 Å². The second-order valence-corrected chi connectivity index (χ2v) is 5.19. The van der Waals surface area contributed by atoms with E-state index in [2.05, 4.69) is 10.5 Å². The summed E-state index contributed by atoms with van der Waals surface area (Å²) < 4.78 is 5.07. The van der Waals surface area contributed by atoms with Crippen LogP contribution in [0.4, 0.5) is 0 Å². The van der Waals surface area contributed by atoms with Crippen molar-refractivity contribution in [3.8, 4) is 0 Å². The van der Waals surface area contributed by atoms with E-state index in [0.29, 0.717) is 19.4 Å². The topological polar surface area (TPSA) is 55.1 Å². The van der Waals surface area contributed by atoms with Gasteiger partial charge in [0, 0.05) is 16.9 Å². The lowest BCUT2D eigenvalue weighted by Crippen LogP contribution is -2.22. The highest BCUT2D eigenvalue weighted by molar-refractivity contribution is 7.09. The van der Waals surface area contributed by atoms with Gasteiger partial charge in [-0.3, -0.25) is 4.79 Å². The Balaban J connectivity index is 1.78. The molecule has 0 unspecified atom stereocenters. The van der Waals surface area contributed by atoms with Crippen LogP contribution in [0.2, 0.25) is 0 Å². The van der Waals surface area contributed by atoms with E-state index in [1.54, 1.807) is 11.3 Å². The Morgan fingerprint density at radius 3 is 2.94 bits per heavy atom. The molecule has 0 aromatic carbocycles. The molecule has 5 heteroatoms. The van der Waals surface area contributed by atoms with Crippen molar-refractivity contribution in [2.45, 2.75) is 33.2 Å². The van der Waals surface area contributed by atoms with Crippen molar-refractivity contribution < 1.29 is 9.32 Å². The third kappa shape index (κ3) is 3.20. The van der Waals surface area contributed by atoms with Gasteiger partial charge in [0.2, 0.25) is 5.91 Å². The normalized spacial score (nSPS) is 10.6. The number of aromatic nitrogens is 1. The molecule has 2 heterocycles. The number of rotatable bonds is 5. The summed E-state index contributed by atoms with van der Waals surface area (Å²) in [4.78, 5) is 12.9. The molecular weight excluding hydrogens is 248 g/mol. The largest absolute Gasteiger partial charge is 0.361 e. The Labute approximate surface area is 110 Å². The van der Waals surface area contributed by atoms with Gasteiger partial charge in [-0.2, -0.15) is 0 Å². The molecule has 96 valence electrons. The minimum Gasteiger partial charge on any atom is -0.361 e. The van der Waals surface area contributed by atoms with Crippen LogP contribution in [0.25, 0.3) is 0 Å². The van der Waals surface area contributed by atoms with Crippen LogP contribution in [0.1, 0.15) is 28.3 Å². The molecule has 2 aromatic rings. The lowest BCUT2D eigenvalue weighted by atomic mass is 10.1. The second kappa shape index (κ2) is 5.82. The molecule has 2 aromatic heterocycles. The second-order valence-electron chi connectivity index (χ2n) is 4.16. The van der Waals surface area contributed by atoms with Crippen molar-refractivity contribution >= 4 is 17.2 Å². The Hall–Kier alpha value is -1.62. The highest BCUT2D eigenvalue weighted by Gasteiger charge is 2.10. The van der Waals surface area contributed by atoms with Gasteiger partial charge in [0.15, 0.2) is 0 Å². The van der Waals surface area contributed by atoms with Crippen LogP contribution < -0.4 is 5.32 Å². The standard InChI is InChI=1S/C13H16N2O2S/c1-9-12(10(2)17-15-9)5-6-13(16)14-8-11-4-3-7-18-11/h3-4,7H,5-6,8H2,1-2H3,(H,14,16). The quantitative estimate of drug-likeness (QED) is 0.903. The van der Waals surface area contributed by atoms with E-state index in [0.717, 1.165) is 17.0 Å². The van der Waals surface area contributed by atoms with Gasteiger partial charge in [-0.05, 0) is 31.7 Å². The highest BCUT2D eigenvalue weighted by Crippen LogP contribution is 2.14. The SMILES string of the molecule is Cc1noc(C)c1CCC(=O)NCc1cccs1. The molecule has 2 rings (SSSR count). The number of aryl methyl sites for hydroxylation is 2. The molecule has 4 nitrogen and oxygen atoms in total. The maximum atomic E-state index is 11.7. The molecule has 0 radical (unpaired) electrons. The summed E-state index contributed by atoms with van der Waals surface area (Å²) in [6.45, 7) is 4.38. The van der Waals surface area contributed by atoms with Crippen molar-refractivity contribution in [1.82, 2.24) is 10.5 Å². The van der Waals surface area contributed by atoms with Crippen LogP contribution in [0.5, 0.6) is 0 Å². The van der Waals surface area contributed by atoms with Gasteiger partial charge in [-0.15, -0.1) is 11.3 Å². The Bertz CT molecular complexity index is 498. The van der Waals surface area contributed by atoms with Gasteiger partial charge in [-0.1, -0.05) is 11.2 Å². The van der Waals surface area contributed by atoms with Gasteiger partial charge in [0.1, 0.15) is 5.76 Å². The van der Waals surface area contributed by atoms with E-state index in [-0.39, 0.29) is 5.91 Å². The first-order chi connectivity index (χ1) is 8.66. The molecule has 0 fully saturated rings. The summed E-state index contributed by atoms with van der Waals surface area (Å²) >= 11 is 1.65. The fourth-order valence-corrected chi connectivity index (χ4v) is 2.43. The number of carbonyl (C=O) groups excluding carboxylic acids is 1. The van der Waals surface area contributed by atoms with E-state index >= 15 is 0 Å². The van der Waals surface area contributed by atoms with E-state index in [1.165, 1.54) is 4.88 Å². The van der Waals surface area contributed by atoms with Crippen molar-refractivity contribution in [1.29, 1.82) is 0 Å². The molecule has 0 aliphatic carbocycles. The molecule has 1 amide bonds. The van der Waals surface area contributed by atoms with Crippen LogP contribution in [-0.2, 0) is 17.8 Å². The number of nitrogens with zero attached hydrogens (tertiary/aromatic N) is 1. The third-order valence-corrected chi connectivity index (χ3v) is 3.70. The van der Waals surface area contributed by atoms with Crippen LogP contribution in [-0.4, -0.2) is 11.1 Å². The summed E-state index contributed by atoms with van der Waals surface area (Å²) in [6, 6.07) is 4.00. The van der Waals surface area contributed by atoms with Crippen LogP contribution in [0.3, 0.4) is 0 Å². The number of hydrogen-bond donors (Lipinski definition) is 1. The molecule has 18 heavy (non-hydrogen) atoms. The Morgan fingerprint density at radius 1 is 1.50 bits per heavy atom. The van der Waals surface area contributed by atoms with Crippen LogP contribution in [0, 0.1) is 13.8 Å². The van der Waals surface area contributed by atoms with E-state index in [4.69, 9.17) is 4.52 Å². The van der Waals surface area contributed by atoms with Crippen LogP contribution in [0.15, 0.2) is 22.0 Å². The number of carbonyl (C=O) groups is 1. The molecule has 0 atom stereocenters. The Morgan fingerprint density at radius 2 is 2.33 bits per heavy atom. The fourth-order valence-electron chi connectivity index (χ4n) is 1.78. The summed E-state index contributed by atoms with van der Waals surface area (Å²) in [7, 11) is 0. The zero-order valence-electron chi connectivity index (χ0n) is 10.5. The summed E-state index contributed by atoms with van der Waals surface area (Å²) in [6.07, 6.45) is 1.14.